The Bertz CT molecular complexity index is 525. The van der Waals surface area contributed by atoms with Crippen molar-refractivity contribution < 1.29 is 4.92 Å². The molecule has 3 nitrogen and oxygen atoms in total. The Morgan fingerprint density at radius 1 is 1.50 bits per heavy atom. The summed E-state index contributed by atoms with van der Waals surface area (Å²) in [5, 5.41) is 13.9. The lowest BCUT2D eigenvalue weighted by molar-refractivity contribution is -0.385. The number of hydrogen-bond donors (Lipinski definition) is 0. The summed E-state index contributed by atoms with van der Waals surface area (Å²) >= 11 is 10.5. The molecule has 0 spiro atoms. The second-order valence-corrected chi connectivity index (χ2v) is 4.70. The van der Waals surface area contributed by atoms with E-state index < -0.39 is 4.92 Å². The first kappa shape index (κ1) is 9.89. The van der Waals surface area contributed by atoms with E-state index in [0.717, 1.165) is 10.1 Å². The highest BCUT2D eigenvalue weighted by atomic mass is 79.9. The van der Waals surface area contributed by atoms with Crippen molar-refractivity contribution in [2.24, 2.45) is 0 Å². The summed E-state index contributed by atoms with van der Waals surface area (Å²) in [6.07, 6.45) is 0. The van der Waals surface area contributed by atoms with E-state index in [1.807, 2.05) is 0 Å². The molecular formula is C8H3BrClNO2S. The van der Waals surface area contributed by atoms with E-state index in [1.165, 1.54) is 17.4 Å². The largest absolute Gasteiger partial charge is 0.284 e. The third-order valence-electron chi connectivity index (χ3n) is 1.81. The molecule has 0 atom stereocenters. The van der Waals surface area contributed by atoms with Gasteiger partial charge in [0.05, 0.1) is 14.6 Å². The average molecular weight is 293 g/mol. The molecule has 0 saturated carbocycles. The van der Waals surface area contributed by atoms with Crippen molar-refractivity contribution in [3.63, 3.8) is 0 Å². The number of halogens is 2. The molecule has 1 aromatic carbocycles. The monoisotopic (exact) mass is 291 g/mol. The molecule has 0 unspecified atom stereocenters. The van der Waals surface area contributed by atoms with Crippen LogP contribution in [0.5, 0.6) is 0 Å². The van der Waals surface area contributed by atoms with Crippen molar-refractivity contribution in [1.82, 2.24) is 0 Å². The summed E-state index contributed by atoms with van der Waals surface area (Å²) in [4.78, 5) is 10.2. The zero-order chi connectivity index (χ0) is 10.3. The second kappa shape index (κ2) is 3.49. The normalized spacial score (nSPS) is 10.7. The van der Waals surface area contributed by atoms with Crippen molar-refractivity contribution in [1.29, 1.82) is 0 Å². The lowest BCUT2D eigenvalue weighted by Crippen LogP contribution is -1.88. The van der Waals surface area contributed by atoms with Crippen LogP contribution in [0, 0.1) is 10.1 Å². The van der Waals surface area contributed by atoms with Crippen molar-refractivity contribution in [2.45, 2.75) is 0 Å². The van der Waals surface area contributed by atoms with Gasteiger partial charge in [-0.3, -0.25) is 10.1 Å². The number of nitro groups is 1. The zero-order valence-corrected chi connectivity index (χ0v) is 9.82. The van der Waals surface area contributed by atoms with Gasteiger partial charge in [-0.2, -0.15) is 0 Å². The molecule has 6 heteroatoms. The van der Waals surface area contributed by atoms with Gasteiger partial charge in [0.1, 0.15) is 4.47 Å². The van der Waals surface area contributed by atoms with E-state index in [0.29, 0.717) is 9.50 Å². The molecule has 0 radical (unpaired) electrons. The van der Waals surface area contributed by atoms with E-state index in [9.17, 15) is 10.1 Å². The van der Waals surface area contributed by atoms with Gasteiger partial charge >= 0.3 is 0 Å². The molecule has 1 heterocycles. The summed E-state index contributed by atoms with van der Waals surface area (Å²) in [5.74, 6) is 0. The summed E-state index contributed by atoms with van der Waals surface area (Å²) in [5.41, 5.74) is 0.0658. The van der Waals surface area contributed by atoms with Crippen LogP contribution in [0.25, 0.3) is 10.1 Å². The maximum Gasteiger partial charge on any atom is 0.284 e. The van der Waals surface area contributed by atoms with Crippen molar-refractivity contribution in [3.8, 4) is 0 Å². The van der Waals surface area contributed by atoms with Crippen LogP contribution in [0.15, 0.2) is 22.0 Å². The van der Waals surface area contributed by atoms with Crippen molar-refractivity contribution in [2.75, 3.05) is 0 Å². The van der Waals surface area contributed by atoms with E-state index in [-0.39, 0.29) is 5.69 Å². The van der Waals surface area contributed by atoms with Gasteiger partial charge in [-0.05, 0) is 22.0 Å². The van der Waals surface area contributed by atoms with Crippen LogP contribution in [0.3, 0.4) is 0 Å². The van der Waals surface area contributed by atoms with Gasteiger partial charge in [-0.15, -0.1) is 11.3 Å². The minimum absolute atomic E-state index is 0.0658. The number of benzene rings is 1. The van der Waals surface area contributed by atoms with Crippen LogP contribution in [0.2, 0.25) is 5.02 Å². The Kier molecular flexibility index (Phi) is 2.47. The highest BCUT2D eigenvalue weighted by Crippen LogP contribution is 2.39. The number of rotatable bonds is 1. The van der Waals surface area contributed by atoms with Gasteiger partial charge in [0.2, 0.25) is 0 Å². The van der Waals surface area contributed by atoms with Gasteiger partial charge in [0, 0.05) is 16.8 Å². The first-order chi connectivity index (χ1) is 6.61. The predicted octanol–water partition coefficient (Wildman–Crippen LogP) is 4.23. The Morgan fingerprint density at radius 2 is 2.21 bits per heavy atom. The SMILES string of the molecule is O=[N+]([O-])c1ccc2c(Cl)csc2c1Br. The smallest absolute Gasteiger partial charge is 0.258 e. The first-order valence-electron chi connectivity index (χ1n) is 3.61. The van der Waals surface area contributed by atoms with Crippen LogP contribution in [-0.2, 0) is 0 Å². The molecule has 0 bridgehead atoms. The van der Waals surface area contributed by atoms with E-state index in [2.05, 4.69) is 15.9 Å². The fourth-order valence-corrected chi connectivity index (χ4v) is 3.14. The van der Waals surface area contributed by atoms with Crippen molar-refractivity contribution >= 4 is 54.6 Å². The fraction of sp³-hybridized carbons (Fsp3) is 0. The topological polar surface area (TPSA) is 43.1 Å². The van der Waals surface area contributed by atoms with Gasteiger partial charge < -0.3 is 0 Å². The predicted molar refractivity (Wildman–Crippen MR) is 61.2 cm³/mol. The highest BCUT2D eigenvalue weighted by Gasteiger charge is 2.16. The van der Waals surface area contributed by atoms with Crippen LogP contribution in [-0.4, -0.2) is 4.92 Å². The third kappa shape index (κ3) is 1.41. The van der Waals surface area contributed by atoms with Gasteiger partial charge in [0.15, 0.2) is 0 Å². The van der Waals surface area contributed by atoms with E-state index in [1.54, 1.807) is 11.4 Å². The van der Waals surface area contributed by atoms with Gasteiger partial charge in [-0.1, -0.05) is 11.6 Å². The molecule has 0 saturated heterocycles. The number of nitrogens with zero attached hydrogens (tertiary/aromatic N) is 1. The molecule has 1 aromatic heterocycles. The summed E-state index contributed by atoms with van der Waals surface area (Å²) in [6, 6.07) is 3.11. The van der Waals surface area contributed by atoms with Crippen LogP contribution in [0.1, 0.15) is 0 Å². The maximum absolute atomic E-state index is 10.6. The van der Waals surface area contributed by atoms with Gasteiger partial charge in [0.25, 0.3) is 5.69 Å². The molecular weight excluding hydrogens is 290 g/mol. The second-order valence-electron chi connectivity index (χ2n) is 2.62. The Hall–Kier alpha value is -0.650. The third-order valence-corrected chi connectivity index (χ3v) is 4.33. The molecule has 14 heavy (non-hydrogen) atoms. The Balaban J connectivity index is 2.82. The molecule has 0 fully saturated rings. The van der Waals surface area contributed by atoms with Crippen LogP contribution in [0.4, 0.5) is 5.69 Å². The minimum Gasteiger partial charge on any atom is -0.258 e. The number of nitro benzene ring substituents is 1. The van der Waals surface area contributed by atoms with E-state index >= 15 is 0 Å². The molecule has 0 N–H and O–H groups in total. The zero-order valence-electron chi connectivity index (χ0n) is 6.66. The quantitative estimate of drug-likeness (QED) is 0.583. The molecule has 2 rings (SSSR count). The number of fused-ring (bicyclic) bond motifs is 1. The van der Waals surface area contributed by atoms with Gasteiger partial charge in [-0.25, -0.2) is 0 Å². The lowest BCUT2D eigenvalue weighted by Gasteiger charge is -1.96. The summed E-state index contributed by atoms with van der Waals surface area (Å²) in [6.45, 7) is 0. The van der Waals surface area contributed by atoms with Crippen LogP contribution < -0.4 is 0 Å². The van der Waals surface area contributed by atoms with E-state index in [4.69, 9.17) is 11.6 Å². The maximum atomic E-state index is 10.6. The Labute approximate surface area is 96.6 Å². The molecule has 0 aliphatic heterocycles. The first-order valence-corrected chi connectivity index (χ1v) is 5.66. The number of hydrogen-bond acceptors (Lipinski definition) is 3. The highest BCUT2D eigenvalue weighted by molar-refractivity contribution is 9.10. The standard InChI is InChI=1S/C8H3BrClNO2S/c9-7-6(11(12)13)2-1-4-5(10)3-14-8(4)7/h1-3H. The van der Waals surface area contributed by atoms with Crippen molar-refractivity contribution in [3.05, 3.63) is 37.1 Å². The molecule has 2 aromatic rings. The molecule has 0 aliphatic rings. The molecule has 0 amide bonds. The molecule has 0 aliphatic carbocycles. The summed E-state index contributed by atoms with van der Waals surface area (Å²) < 4.78 is 1.31. The minimum atomic E-state index is -0.419. The summed E-state index contributed by atoms with van der Waals surface area (Å²) in [7, 11) is 0. The molecule has 72 valence electrons. The lowest BCUT2D eigenvalue weighted by atomic mass is 10.2. The number of thiophene rings is 1. The Morgan fingerprint density at radius 3 is 2.86 bits per heavy atom. The van der Waals surface area contributed by atoms with Crippen LogP contribution >= 0.6 is 38.9 Å². The fourth-order valence-electron chi connectivity index (χ4n) is 1.16. The average Bonchev–Trinajstić information content (AvgIpc) is 2.49.